The molecular formula is C13H16BrFN2O4. The normalized spacial score (nSPS) is 25.8. The molecule has 2 heterocycles. The van der Waals surface area contributed by atoms with Crippen molar-refractivity contribution in [2.45, 2.75) is 24.9 Å². The molecule has 0 amide bonds. The van der Waals surface area contributed by atoms with Crippen LogP contribution in [0.5, 0.6) is 0 Å². The SMILES string of the molecule is COC1C[C@@H](n2cc(/C=C/Br)c(=O)n(C)c2=O)O[C@H]1CF. The van der Waals surface area contributed by atoms with Gasteiger partial charge in [-0.15, -0.1) is 0 Å². The number of rotatable bonds is 4. The van der Waals surface area contributed by atoms with Gasteiger partial charge in [0.25, 0.3) is 5.56 Å². The third-order valence-corrected chi connectivity index (χ3v) is 3.79. The monoisotopic (exact) mass is 362 g/mol. The zero-order valence-corrected chi connectivity index (χ0v) is 13.2. The Bertz CT molecular complexity index is 643. The lowest BCUT2D eigenvalue weighted by molar-refractivity contribution is -0.0395. The van der Waals surface area contributed by atoms with Gasteiger partial charge in [0.1, 0.15) is 19.0 Å². The number of methoxy groups -OCH3 is 1. The molecule has 1 saturated heterocycles. The van der Waals surface area contributed by atoms with E-state index >= 15 is 0 Å². The molecule has 21 heavy (non-hydrogen) atoms. The van der Waals surface area contributed by atoms with Crippen LogP contribution in [-0.2, 0) is 16.5 Å². The summed E-state index contributed by atoms with van der Waals surface area (Å²) < 4.78 is 25.9. The third-order valence-electron chi connectivity index (χ3n) is 3.53. The molecule has 0 bridgehead atoms. The van der Waals surface area contributed by atoms with Gasteiger partial charge in [0, 0.05) is 26.8 Å². The minimum atomic E-state index is -0.709. The molecule has 0 saturated carbocycles. The highest BCUT2D eigenvalue weighted by Gasteiger charge is 2.37. The van der Waals surface area contributed by atoms with Gasteiger partial charge < -0.3 is 9.47 Å². The number of nitrogens with zero attached hydrogens (tertiary/aromatic N) is 2. The summed E-state index contributed by atoms with van der Waals surface area (Å²) in [6, 6.07) is 0. The van der Waals surface area contributed by atoms with E-state index in [0.717, 1.165) is 4.57 Å². The number of alkyl halides is 1. The molecule has 116 valence electrons. The van der Waals surface area contributed by atoms with Crippen LogP contribution in [0.4, 0.5) is 4.39 Å². The largest absolute Gasteiger partial charge is 0.378 e. The first-order chi connectivity index (χ1) is 10.0. The zero-order chi connectivity index (χ0) is 15.6. The van der Waals surface area contributed by atoms with Crippen LogP contribution < -0.4 is 11.2 Å². The summed E-state index contributed by atoms with van der Waals surface area (Å²) in [5.41, 5.74) is -0.586. The van der Waals surface area contributed by atoms with Crippen molar-refractivity contribution >= 4 is 22.0 Å². The molecule has 1 aliphatic heterocycles. The van der Waals surface area contributed by atoms with E-state index in [1.807, 2.05) is 0 Å². The second kappa shape index (κ2) is 6.67. The van der Waals surface area contributed by atoms with E-state index in [1.54, 1.807) is 0 Å². The van der Waals surface area contributed by atoms with Gasteiger partial charge in [-0.25, -0.2) is 9.18 Å². The van der Waals surface area contributed by atoms with Gasteiger partial charge >= 0.3 is 5.69 Å². The first kappa shape index (κ1) is 16.1. The van der Waals surface area contributed by atoms with Gasteiger partial charge in [0.05, 0.1) is 11.7 Å². The topological polar surface area (TPSA) is 62.5 Å². The van der Waals surface area contributed by atoms with Crippen LogP contribution in [0.15, 0.2) is 20.8 Å². The number of ether oxygens (including phenoxy) is 2. The number of hydrogen-bond acceptors (Lipinski definition) is 4. The standard InChI is InChI=1S/C13H16BrFN2O4/c1-16-12(18)8(3-4-14)7-17(13(16)19)11-5-9(20-2)10(6-15)21-11/h3-4,7,9-11H,5-6H2,1-2H3/b4-3+/t9?,10-,11-/m0/s1. The Morgan fingerprint density at radius 3 is 2.81 bits per heavy atom. The molecule has 0 spiro atoms. The molecule has 6 nitrogen and oxygen atoms in total. The van der Waals surface area contributed by atoms with Crippen molar-refractivity contribution in [1.29, 1.82) is 0 Å². The van der Waals surface area contributed by atoms with E-state index in [4.69, 9.17) is 9.47 Å². The molecule has 1 unspecified atom stereocenters. The van der Waals surface area contributed by atoms with Gasteiger partial charge in [0.15, 0.2) is 0 Å². The molecule has 1 fully saturated rings. The Labute approximate surface area is 128 Å². The molecule has 0 radical (unpaired) electrons. The van der Waals surface area contributed by atoms with E-state index in [1.165, 1.54) is 36.0 Å². The molecule has 2 rings (SSSR count). The fourth-order valence-corrected chi connectivity index (χ4v) is 2.65. The van der Waals surface area contributed by atoms with Gasteiger partial charge in [-0.2, -0.15) is 0 Å². The molecule has 1 aliphatic rings. The van der Waals surface area contributed by atoms with E-state index in [-0.39, 0.29) is 0 Å². The predicted molar refractivity (Wildman–Crippen MR) is 79.2 cm³/mol. The van der Waals surface area contributed by atoms with Crippen LogP contribution in [0.3, 0.4) is 0 Å². The van der Waals surface area contributed by atoms with Gasteiger partial charge in [-0.05, 0) is 11.1 Å². The number of halogens is 2. The Balaban J connectivity index is 2.46. The van der Waals surface area contributed by atoms with E-state index in [9.17, 15) is 14.0 Å². The quantitative estimate of drug-likeness (QED) is 0.806. The average Bonchev–Trinajstić information content (AvgIpc) is 2.91. The highest BCUT2D eigenvalue weighted by Crippen LogP contribution is 2.29. The van der Waals surface area contributed by atoms with Crippen molar-refractivity contribution in [3.63, 3.8) is 0 Å². The lowest BCUT2D eigenvalue weighted by Crippen LogP contribution is -2.40. The highest BCUT2D eigenvalue weighted by atomic mass is 79.9. The lowest BCUT2D eigenvalue weighted by Gasteiger charge is -2.16. The molecule has 8 heteroatoms. The smallest absolute Gasteiger partial charge is 0.332 e. The van der Waals surface area contributed by atoms with Crippen LogP contribution >= 0.6 is 15.9 Å². The van der Waals surface area contributed by atoms with E-state index < -0.39 is 36.4 Å². The van der Waals surface area contributed by atoms with Crippen LogP contribution in [0.2, 0.25) is 0 Å². The van der Waals surface area contributed by atoms with Crippen LogP contribution in [0.25, 0.3) is 6.08 Å². The second-order valence-corrected chi connectivity index (χ2v) is 5.25. The Morgan fingerprint density at radius 2 is 2.29 bits per heavy atom. The number of aromatic nitrogens is 2. The first-order valence-electron chi connectivity index (χ1n) is 6.36. The van der Waals surface area contributed by atoms with E-state index in [0.29, 0.717) is 12.0 Å². The minimum Gasteiger partial charge on any atom is -0.378 e. The van der Waals surface area contributed by atoms with Crippen molar-refractivity contribution < 1.29 is 13.9 Å². The maximum Gasteiger partial charge on any atom is 0.332 e. The molecule has 1 aromatic heterocycles. The summed E-state index contributed by atoms with van der Waals surface area (Å²) in [6.45, 7) is -0.691. The summed E-state index contributed by atoms with van der Waals surface area (Å²) in [6.07, 6.45) is 1.52. The lowest BCUT2D eigenvalue weighted by atomic mass is 10.2. The maximum atomic E-state index is 12.9. The van der Waals surface area contributed by atoms with Crippen molar-refractivity contribution in [2.24, 2.45) is 7.05 Å². The third kappa shape index (κ3) is 3.02. The zero-order valence-electron chi connectivity index (χ0n) is 11.7. The van der Waals surface area contributed by atoms with Crippen molar-refractivity contribution in [3.8, 4) is 0 Å². The summed E-state index contributed by atoms with van der Waals surface area (Å²) >= 11 is 3.10. The summed E-state index contributed by atoms with van der Waals surface area (Å²) in [5, 5.41) is 0. The van der Waals surface area contributed by atoms with Crippen molar-refractivity contribution in [1.82, 2.24) is 9.13 Å². The van der Waals surface area contributed by atoms with Crippen LogP contribution in [0, 0.1) is 0 Å². The highest BCUT2D eigenvalue weighted by molar-refractivity contribution is 9.11. The van der Waals surface area contributed by atoms with Gasteiger partial charge in [0.2, 0.25) is 0 Å². The Hall–Kier alpha value is -1.25. The molecule has 1 aromatic rings. The molecule has 0 N–H and O–H groups in total. The minimum absolute atomic E-state index is 0.329. The Morgan fingerprint density at radius 1 is 1.57 bits per heavy atom. The molecule has 0 aliphatic carbocycles. The average molecular weight is 363 g/mol. The van der Waals surface area contributed by atoms with Crippen LogP contribution in [0.1, 0.15) is 18.2 Å². The van der Waals surface area contributed by atoms with Crippen molar-refractivity contribution in [3.05, 3.63) is 37.6 Å². The summed E-state index contributed by atoms with van der Waals surface area (Å²) in [5.74, 6) is 0. The second-order valence-electron chi connectivity index (χ2n) is 4.72. The fourth-order valence-electron chi connectivity index (χ4n) is 2.36. The maximum absolute atomic E-state index is 12.9. The van der Waals surface area contributed by atoms with Crippen molar-refractivity contribution in [2.75, 3.05) is 13.8 Å². The summed E-state index contributed by atoms with van der Waals surface area (Å²) in [7, 11) is 2.86. The number of hydrogen-bond donors (Lipinski definition) is 0. The predicted octanol–water partition coefficient (Wildman–Crippen LogP) is 1.18. The first-order valence-corrected chi connectivity index (χ1v) is 7.28. The van der Waals surface area contributed by atoms with E-state index in [2.05, 4.69) is 15.9 Å². The van der Waals surface area contributed by atoms with Gasteiger partial charge in [-0.1, -0.05) is 15.9 Å². The molecular weight excluding hydrogens is 347 g/mol. The van der Waals surface area contributed by atoms with Crippen LogP contribution in [-0.4, -0.2) is 35.1 Å². The Kier molecular flexibility index (Phi) is 5.13. The van der Waals surface area contributed by atoms with Gasteiger partial charge in [-0.3, -0.25) is 13.9 Å². The fraction of sp³-hybridized carbons (Fsp3) is 0.538. The molecule has 0 aromatic carbocycles. The summed E-state index contributed by atoms with van der Waals surface area (Å²) in [4.78, 5) is 25.7. The molecule has 3 atom stereocenters.